The number of hydrogen-bond acceptors (Lipinski definition) is 3. The van der Waals surface area contributed by atoms with Crippen molar-refractivity contribution >= 4 is 58.3 Å². The van der Waals surface area contributed by atoms with Crippen molar-refractivity contribution in [2.24, 2.45) is 4.99 Å². The molecule has 0 radical (unpaired) electrons. The van der Waals surface area contributed by atoms with Crippen LogP contribution >= 0.6 is 0 Å². The number of rotatable bonds is 4. The predicted octanol–water partition coefficient (Wildman–Crippen LogP) is 15.6. The molecule has 3 aliphatic rings. The van der Waals surface area contributed by atoms with E-state index in [2.05, 4.69) is 179 Å². The van der Waals surface area contributed by atoms with Crippen LogP contribution in [0.3, 0.4) is 0 Å². The number of para-hydroxylation sites is 1. The van der Waals surface area contributed by atoms with E-state index in [0.29, 0.717) is 0 Å². The van der Waals surface area contributed by atoms with Gasteiger partial charge in [0.15, 0.2) is 0 Å². The molecular weight excluding hydrogens is 870 g/mol. The van der Waals surface area contributed by atoms with Gasteiger partial charge in [0.05, 0.1) is 28.5 Å². The zero-order valence-electron chi connectivity index (χ0n) is 41.5. The first-order chi connectivity index (χ1) is 31.2. The summed E-state index contributed by atoms with van der Waals surface area (Å²) in [5.41, 5.74) is 17.4. The second-order valence-corrected chi connectivity index (χ2v) is 21.6. The topological polar surface area (TPSA) is 80.4 Å². The SMILES string of the molecule is C1=CC[N-]C=C1.CC(C)(C)c1cc(-c2c3nc(c(C=Nc4ccccc4)c4ccc([n-]4)c(-c4cc(C(C)(C)C)cc(C(C)(C)C)c4)c4nc(cc5ccc2[n-]5)C=C4)C=C3)cc(C(C)(C)C)c1.[Zn]. The van der Waals surface area contributed by atoms with Crippen molar-refractivity contribution in [3.8, 4) is 22.3 Å². The fourth-order valence-electron chi connectivity index (χ4n) is 8.07. The summed E-state index contributed by atoms with van der Waals surface area (Å²) in [6.07, 6.45) is 18.1. The van der Waals surface area contributed by atoms with Crippen molar-refractivity contribution in [1.82, 2.24) is 19.9 Å². The molecule has 6 aromatic rings. The maximum absolute atomic E-state index is 5.43. The van der Waals surface area contributed by atoms with Crippen LogP contribution < -0.4 is 9.97 Å². The molecule has 0 atom stereocenters. The molecule has 0 unspecified atom stereocenters. The molecule has 0 amide bonds. The summed E-state index contributed by atoms with van der Waals surface area (Å²) in [4.78, 5) is 26.4. The third kappa shape index (κ3) is 11.3. The number of hydrogen-bond donors (Lipinski definition) is 0. The van der Waals surface area contributed by atoms with Crippen molar-refractivity contribution in [1.29, 1.82) is 0 Å². The smallest absolute Gasteiger partial charge is 0.0713 e. The van der Waals surface area contributed by atoms with E-state index in [1.807, 2.05) is 54.8 Å². The fourth-order valence-corrected chi connectivity index (χ4v) is 8.07. The third-order valence-corrected chi connectivity index (χ3v) is 12.1. The zero-order valence-corrected chi connectivity index (χ0v) is 44.5. The summed E-state index contributed by atoms with van der Waals surface area (Å²) in [5.74, 6) is 0. The first kappa shape index (κ1) is 48.8. The molecule has 0 spiro atoms. The summed E-state index contributed by atoms with van der Waals surface area (Å²) in [6.45, 7) is 28.2. The van der Waals surface area contributed by atoms with Crippen molar-refractivity contribution < 1.29 is 19.5 Å². The van der Waals surface area contributed by atoms with Gasteiger partial charge in [-0.05, 0) is 103 Å². The van der Waals surface area contributed by atoms with E-state index in [1.54, 1.807) is 6.20 Å². The van der Waals surface area contributed by atoms with Gasteiger partial charge in [-0.15, -0.1) is 34.7 Å². The fraction of sp³-hybridized carbons (Fsp3) is 0.283. The summed E-state index contributed by atoms with van der Waals surface area (Å²) >= 11 is 0. The number of aliphatic imine (C=N–C) groups is 1. The Morgan fingerprint density at radius 1 is 0.507 bits per heavy atom. The van der Waals surface area contributed by atoms with Gasteiger partial charge in [0, 0.05) is 31.3 Å². The van der Waals surface area contributed by atoms with E-state index in [1.165, 1.54) is 22.3 Å². The molecule has 0 saturated carbocycles. The van der Waals surface area contributed by atoms with Crippen molar-refractivity contribution in [3.63, 3.8) is 0 Å². The molecular formula is C60H63N6Zn-3. The number of aromatic nitrogens is 4. The largest absolute Gasteiger partial charge is 0.687 e. The van der Waals surface area contributed by atoms with Gasteiger partial charge >= 0.3 is 0 Å². The van der Waals surface area contributed by atoms with E-state index in [4.69, 9.17) is 24.9 Å². The Labute approximate surface area is 411 Å². The van der Waals surface area contributed by atoms with Gasteiger partial charge in [-0.1, -0.05) is 180 Å². The minimum Gasteiger partial charge on any atom is -0.687 e. The Kier molecular flexibility index (Phi) is 14.0. The molecule has 67 heavy (non-hydrogen) atoms. The Morgan fingerprint density at radius 2 is 1.01 bits per heavy atom. The molecule has 7 heteroatoms. The van der Waals surface area contributed by atoms with E-state index in [0.717, 1.165) is 84.9 Å². The Morgan fingerprint density at radius 3 is 1.52 bits per heavy atom. The van der Waals surface area contributed by atoms with Crippen LogP contribution in [-0.2, 0) is 41.1 Å². The van der Waals surface area contributed by atoms with Gasteiger partial charge in [-0.3, -0.25) is 4.99 Å². The van der Waals surface area contributed by atoms with E-state index >= 15 is 0 Å². The molecule has 3 aromatic heterocycles. The van der Waals surface area contributed by atoms with Gasteiger partial charge < -0.3 is 15.3 Å². The Bertz CT molecular complexity index is 2960. The van der Waals surface area contributed by atoms with E-state index in [9.17, 15) is 0 Å². The number of nitrogens with zero attached hydrogens (tertiary/aromatic N) is 6. The molecule has 6 heterocycles. The number of fused-ring (bicyclic) bond motifs is 8. The third-order valence-electron chi connectivity index (χ3n) is 12.1. The van der Waals surface area contributed by atoms with Crippen LogP contribution in [0.15, 0.2) is 126 Å². The summed E-state index contributed by atoms with van der Waals surface area (Å²) in [7, 11) is 0. The molecule has 3 aliphatic heterocycles. The van der Waals surface area contributed by atoms with Gasteiger partial charge in [0.2, 0.25) is 0 Å². The molecule has 8 bridgehead atoms. The van der Waals surface area contributed by atoms with Crippen LogP contribution in [0.5, 0.6) is 0 Å². The minimum absolute atomic E-state index is 0. The quantitative estimate of drug-likeness (QED) is 0.130. The van der Waals surface area contributed by atoms with Crippen LogP contribution in [0, 0.1) is 0 Å². The summed E-state index contributed by atoms with van der Waals surface area (Å²) in [6, 6.07) is 34.6. The average Bonchev–Trinajstić information content (AvgIpc) is 4.12. The van der Waals surface area contributed by atoms with Gasteiger partial charge in [-0.25, -0.2) is 9.97 Å². The predicted molar refractivity (Wildman–Crippen MR) is 283 cm³/mol. The molecule has 0 fully saturated rings. The van der Waals surface area contributed by atoms with Gasteiger partial charge in [0.1, 0.15) is 0 Å². The van der Waals surface area contributed by atoms with Crippen LogP contribution in [0.25, 0.3) is 73.9 Å². The maximum Gasteiger partial charge on any atom is 0.0713 e. The second kappa shape index (κ2) is 19.2. The summed E-state index contributed by atoms with van der Waals surface area (Å²) < 4.78 is 0. The number of benzene rings is 3. The molecule has 3 aromatic carbocycles. The molecule has 6 nitrogen and oxygen atoms in total. The maximum atomic E-state index is 5.43. The molecule has 338 valence electrons. The standard InChI is InChI=1S/C55H57N5.C5H6N.Zn/c1-52(2,3)36-26-34(27-37(30-36)53(4,5)6)50-46-20-18-41(57-46)32-42-19-21-47(58-42)51(35-28-38(54(7,8)9)31-39(29-35)55(10,11)12)49-25-23-45(60-49)43(44-22-24-48(50)59-44)33-56-40-16-14-13-15-17-40;1-2-4-6-5-3-1;/h13-33H,1-12H3;1-4H,5H2;/q-2;-1;. The molecule has 0 N–H and O–H groups in total. The van der Waals surface area contributed by atoms with Gasteiger partial charge in [0.25, 0.3) is 0 Å². The molecule has 0 saturated heterocycles. The Hall–Kier alpha value is -6.17. The van der Waals surface area contributed by atoms with Crippen LogP contribution in [-0.4, -0.2) is 22.7 Å². The van der Waals surface area contributed by atoms with Crippen molar-refractivity contribution in [2.45, 2.75) is 105 Å². The normalized spacial score (nSPS) is 13.6. The first-order valence-corrected chi connectivity index (χ1v) is 23.1. The van der Waals surface area contributed by atoms with Crippen LogP contribution in [0.1, 0.15) is 134 Å². The van der Waals surface area contributed by atoms with Gasteiger partial charge in [-0.2, -0.15) is 6.20 Å². The van der Waals surface area contributed by atoms with E-state index in [-0.39, 0.29) is 41.1 Å². The molecule has 9 rings (SSSR count). The first-order valence-electron chi connectivity index (χ1n) is 23.1. The van der Waals surface area contributed by atoms with Crippen LogP contribution in [0.4, 0.5) is 5.69 Å². The monoisotopic (exact) mass is 931 g/mol. The number of allylic oxidation sites excluding steroid dienone is 2. The Balaban J connectivity index is 0.000000882. The summed E-state index contributed by atoms with van der Waals surface area (Å²) in [5, 5.41) is 3.91. The molecule has 0 aliphatic carbocycles. The average molecular weight is 934 g/mol. The zero-order chi connectivity index (χ0) is 47.0. The second-order valence-electron chi connectivity index (χ2n) is 21.6. The van der Waals surface area contributed by atoms with E-state index < -0.39 is 0 Å². The van der Waals surface area contributed by atoms with Crippen LogP contribution in [0.2, 0.25) is 0 Å². The van der Waals surface area contributed by atoms with Crippen molar-refractivity contribution in [2.75, 3.05) is 6.54 Å². The van der Waals surface area contributed by atoms with Crippen molar-refractivity contribution in [3.05, 3.63) is 177 Å². The minimum atomic E-state index is -0.0622.